The van der Waals surface area contributed by atoms with Crippen LogP contribution in [-0.4, -0.2) is 64.7 Å². The number of likely N-dealkylation sites (tertiary alicyclic amines) is 1. The second kappa shape index (κ2) is 11.5. The van der Waals surface area contributed by atoms with Crippen molar-refractivity contribution in [1.29, 1.82) is 0 Å². The van der Waals surface area contributed by atoms with Gasteiger partial charge in [-0.25, -0.2) is 0 Å². The van der Waals surface area contributed by atoms with Crippen LogP contribution in [0.5, 0.6) is 0 Å². The maximum Gasteiger partial charge on any atom is 0.304 e. The summed E-state index contributed by atoms with van der Waals surface area (Å²) < 4.78 is 5.87. The predicted octanol–water partition coefficient (Wildman–Crippen LogP) is 6.42. The third-order valence-electron chi connectivity index (χ3n) is 7.97. The zero-order valence-electron chi connectivity index (χ0n) is 22.6. The first-order chi connectivity index (χ1) is 17.9. The highest BCUT2D eigenvalue weighted by Gasteiger charge is 2.51. The highest BCUT2D eigenvalue weighted by molar-refractivity contribution is 6.30. The summed E-state index contributed by atoms with van der Waals surface area (Å²) in [6.07, 6.45) is 0.946. The molecule has 206 valence electrons. The number of halogens is 2. The minimum Gasteiger partial charge on any atom is -0.481 e. The van der Waals surface area contributed by atoms with E-state index in [2.05, 4.69) is 25.7 Å². The second-order valence-corrected chi connectivity index (χ2v) is 12.6. The van der Waals surface area contributed by atoms with E-state index in [1.165, 1.54) is 0 Å². The van der Waals surface area contributed by atoms with Crippen LogP contribution in [0.4, 0.5) is 0 Å². The van der Waals surface area contributed by atoms with Gasteiger partial charge in [-0.1, -0.05) is 54.4 Å². The van der Waals surface area contributed by atoms with Gasteiger partial charge in [-0.2, -0.15) is 0 Å². The largest absolute Gasteiger partial charge is 0.481 e. The van der Waals surface area contributed by atoms with Crippen LogP contribution in [0.2, 0.25) is 10.0 Å². The molecule has 0 aromatic heterocycles. The van der Waals surface area contributed by atoms with E-state index in [4.69, 9.17) is 27.9 Å². The molecule has 0 radical (unpaired) electrons. The molecule has 4 rings (SSSR count). The van der Waals surface area contributed by atoms with Crippen molar-refractivity contribution in [3.05, 3.63) is 69.7 Å². The number of hydrogen-bond acceptors (Lipinski definition) is 4. The highest BCUT2D eigenvalue weighted by Crippen LogP contribution is 2.52. The molecule has 6 nitrogen and oxygen atoms in total. The lowest BCUT2D eigenvalue weighted by molar-refractivity contribution is -0.160. The molecule has 2 saturated heterocycles. The van der Waals surface area contributed by atoms with Gasteiger partial charge in [-0.3, -0.25) is 14.5 Å². The Morgan fingerprint density at radius 3 is 2.45 bits per heavy atom. The van der Waals surface area contributed by atoms with Crippen LogP contribution in [0, 0.1) is 5.41 Å². The molecule has 2 aromatic rings. The molecule has 2 aliphatic rings. The van der Waals surface area contributed by atoms with Crippen molar-refractivity contribution < 1.29 is 19.4 Å². The number of amides is 1. The molecule has 0 unspecified atom stereocenters. The van der Waals surface area contributed by atoms with Gasteiger partial charge in [-0.15, -0.1) is 0 Å². The van der Waals surface area contributed by atoms with Crippen LogP contribution < -0.4 is 0 Å². The van der Waals surface area contributed by atoms with E-state index in [0.29, 0.717) is 23.1 Å². The van der Waals surface area contributed by atoms with Crippen molar-refractivity contribution in [2.45, 2.75) is 70.6 Å². The Morgan fingerprint density at radius 1 is 1.11 bits per heavy atom. The number of aliphatic carboxylic acids is 1. The fraction of sp³-hybridized carbons (Fsp3) is 0.533. The van der Waals surface area contributed by atoms with Gasteiger partial charge in [0.25, 0.3) is 0 Å². The third-order valence-corrected chi connectivity index (χ3v) is 8.46. The van der Waals surface area contributed by atoms with Crippen LogP contribution in [0.15, 0.2) is 48.5 Å². The molecule has 4 atom stereocenters. The maximum atomic E-state index is 14.2. The molecule has 2 aliphatic heterocycles. The van der Waals surface area contributed by atoms with Crippen molar-refractivity contribution >= 4 is 35.1 Å². The monoisotopic (exact) mass is 560 g/mol. The third kappa shape index (κ3) is 6.53. The number of carbonyl (C=O) groups is 2. The normalized spacial score (nSPS) is 26.8. The Balaban J connectivity index is 1.74. The summed E-state index contributed by atoms with van der Waals surface area (Å²) in [5, 5.41) is 11.0. The molecular formula is C30H38Cl2N2O4. The molecule has 2 heterocycles. The standard InChI is InChI=1S/C30H38Cl2N2O4/c1-20(12-13-33-14-15-38-29(2,3)19-33)34-27(21-8-10-23(31)11-9-21)25(22-6-5-7-24(32)16-22)17-30(4,28(34)37)18-26(35)36/h5-11,16,20,25,27H,12-15,17-19H2,1-4H3,(H,35,36)/t20-,25+,27+,30+/m0/s1. The average Bonchev–Trinajstić information content (AvgIpc) is 2.83. The lowest BCUT2D eigenvalue weighted by atomic mass is 9.67. The van der Waals surface area contributed by atoms with E-state index in [0.717, 1.165) is 37.2 Å². The van der Waals surface area contributed by atoms with Gasteiger partial charge < -0.3 is 14.7 Å². The zero-order valence-corrected chi connectivity index (χ0v) is 24.1. The number of hydrogen-bond donors (Lipinski definition) is 1. The van der Waals surface area contributed by atoms with E-state index in [-0.39, 0.29) is 35.9 Å². The second-order valence-electron chi connectivity index (χ2n) is 11.7. The molecule has 38 heavy (non-hydrogen) atoms. The first kappa shape index (κ1) is 28.9. The fourth-order valence-corrected chi connectivity index (χ4v) is 6.50. The van der Waals surface area contributed by atoms with Crippen molar-refractivity contribution in [3.8, 4) is 0 Å². The summed E-state index contributed by atoms with van der Waals surface area (Å²) in [6.45, 7) is 11.3. The molecule has 0 aliphatic carbocycles. The van der Waals surface area contributed by atoms with Crippen molar-refractivity contribution in [2.75, 3.05) is 26.2 Å². The Hall–Kier alpha value is -2.12. The maximum absolute atomic E-state index is 14.2. The molecule has 0 saturated carbocycles. The topological polar surface area (TPSA) is 70.1 Å². The number of carboxylic acid groups (broad SMARTS) is 1. The summed E-state index contributed by atoms with van der Waals surface area (Å²) in [4.78, 5) is 30.5. The summed E-state index contributed by atoms with van der Waals surface area (Å²) in [5.74, 6) is -1.23. The van der Waals surface area contributed by atoms with Crippen LogP contribution >= 0.6 is 23.2 Å². The molecule has 1 N–H and O–H groups in total. The lowest BCUT2D eigenvalue weighted by Crippen LogP contribution is -2.56. The van der Waals surface area contributed by atoms with Crippen LogP contribution in [0.3, 0.4) is 0 Å². The summed E-state index contributed by atoms with van der Waals surface area (Å²) >= 11 is 12.6. The molecule has 0 spiro atoms. The summed E-state index contributed by atoms with van der Waals surface area (Å²) in [7, 11) is 0. The Labute approximate surface area is 235 Å². The molecule has 2 aromatic carbocycles. The van der Waals surface area contributed by atoms with Gasteiger partial charge in [0.15, 0.2) is 0 Å². The quantitative estimate of drug-likeness (QED) is 0.403. The Bertz CT molecular complexity index is 1160. The number of benzene rings is 2. The van der Waals surface area contributed by atoms with Gasteiger partial charge in [0, 0.05) is 41.6 Å². The van der Waals surface area contributed by atoms with Gasteiger partial charge >= 0.3 is 5.97 Å². The van der Waals surface area contributed by atoms with Crippen molar-refractivity contribution in [2.24, 2.45) is 5.41 Å². The van der Waals surface area contributed by atoms with E-state index >= 15 is 0 Å². The van der Waals surface area contributed by atoms with Crippen LogP contribution in [0.25, 0.3) is 0 Å². The predicted molar refractivity (Wildman–Crippen MR) is 151 cm³/mol. The van der Waals surface area contributed by atoms with E-state index in [9.17, 15) is 14.7 Å². The minimum atomic E-state index is -1.04. The number of nitrogens with zero attached hydrogens (tertiary/aromatic N) is 2. The van der Waals surface area contributed by atoms with Crippen molar-refractivity contribution in [3.63, 3.8) is 0 Å². The smallest absolute Gasteiger partial charge is 0.304 e. The molecule has 0 bridgehead atoms. The number of rotatable bonds is 8. The molecule has 2 fully saturated rings. The SMILES string of the molecule is C[C@@H](CCN1CCOC(C)(C)C1)N1C(=O)[C@@](C)(CC(=O)O)C[C@H](c2cccc(Cl)c2)[C@H]1c1ccc(Cl)cc1. The number of carbonyl (C=O) groups excluding carboxylic acids is 1. The highest BCUT2D eigenvalue weighted by atomic mass is 35.5. The first-order valence-electron chi connectivity index (χ1n) is 13.3. The van der Waals surface area contributed by atoms with Crippen LogP contribution in [0.1, 0.15) is 70.0 Å². The number of ether oxygens (including phenoxy) is 1. The fourth-order valence-electron chi connectivity index (χ4n) is 6.18. The Morgan fingerprint density at radius 2 is 1.82 bits per heavy atom. The molecule has 8 heteroatoms. The molecule has 1 amide bonds. The van der Waals surface area contributed by atoms with E-state index < -0.39 is 11.4 Å². The number of carboxylic acids is 1. The first-order valence-corrected chi connectivity index (χ1v) is 14.1. The zero-order chi connectivity index (χ0) is 27.7. The van der Waals surface area contributed by atoms with Crippen molar-refractivity contribution in [1.82, 2.24) is 9.80 Å². The minimum absolute atomic E-state index is 0.118. The van der Waals surface area contributed by atoms with Crippen LogP contribution in [-0.2, 0) is 14.3 Å². The average molecular weight is 562 g/mol. The van der Waals surface area contributed by atoms with Gasteiger partial charge in [-0.05, 0) is 69.0 Å². The number of morpholine rings is 1. The van der Waals surface area contributed by atoms with E-state index in [1.807, 2.05) is 53.4 Å². The van der Waals surface area contributed by atoms with E-state index in [1.54, 1.807) is 6.92 Å². The van der Waals surface area contributed by atoms with Gasteiger partial charge in [0.1, 0.15) is 0 Å². The molecular weight excluding hydrogens is 523 g/mol. The number of piperidine rings is 1. The summed E-state index contributed by atoms with van der Waals surface area (Å²) in [5.41, 5.74) is 0.723. The lowest BCUT2D eigenvalue weighted by Gasteiger charge is -2.51. The Kier molecular flexibility index (Phi) is 8.78. The van der Waals surface area contributed by atoms with Gasteiger partial charge in [0.2, 0.25) is 5.91 Å². The summed E-state index contributed by atoms with van der Waals surface area (Å²) in [6, 6.07) is 14.9. The van der Waals surface area contributed by atoms with Gasteiger partial charge in [0.05, 0.1) is 30.1 Å².